The molecule has 4 heteroatoms. The summed E-state index contributed by atoms with van der Waals surface area (Å²) in [6, 6.07) is 4.78. The topological polar surface area (TPSA) is 25.4 Å². The summed E-state index contributed by atoms with van der Waals surface area (Å²) in [5, 5.41) is 0. The van der Waals surface area contributed by atoms with Crippen molar-refractivity contribution in [3.63, 3.8) is 0 Å². The molecule has 1 aromatic rings. The zero-order chi connectivity index (χ0) is 15.0. The minimum absolute atomic E-state index is 0.175. The third kappa shape index (κ3) is 3.85. The summed E-state index contributed by atoms with van der Waals surface area (Å²) in [5.74, 6) is 1.91. The number of hydrogen-bond donors (Lipinski definition) is 0. The second-order valence-corrected chi connectivity index (χ2v) is 7.88. The predicted octanol–water partition coefficient (Wildman–Crippen LogP) is 2.40. The van der Waals surface area contributed by atoms with E-state index < -0.39 is 0 Å². The van der Waals surface area contributed by atoms with Gasteiger partial charge in [-0.05, 0) is 17.5 Å². The maximum Gasteiger partial charge on any atom is 0.137 e. The van der Waals surface area contributed by atoms with Gasteiger partial charge in [-0.15, -0.1) is 0 Å². The summed E-state index contributed by atoms with van der Waals surface area (Å²) >= 11 is 0. The number of anilines is 1. The molecule has 0 aliphatic carbocycles. The lowest BCUT2D eigenvalue weighted by Crippen LogP contribution is -2.64. The van der Waals surface area contributed by atoms with Gasteiger partial charge in [-0.25, -0.2) is 4.98 Å². The van der Waals surface area contributed by atoms with Crippen LogP contribution in [0.15, 0.2) is 18.3 Å². The van der Waals surface area contributed by atoms with E-state index in [0.717, 1.165) is 29.1 Å². The Morgan fingerprint density at radius 2 is 1.90 bits per heavy atom. The number of aromatic nitrogens is 1. The van der Waals surface area contributed by atoms with Gasteiger partial charge in [0, 0.05) is 0 Å². The second kappa shape index (κ2) is 5.24. The van der Waals surface area contributed by atoms with Gasteiger partial charge in [0.05, 0.1) is 47.0 Å². The molecule has 1 saturated heterocycles. The minimum Gasteiger partial charge on any atom is -0.491 e. The van der Waals surface area contributed by atoms with E-state index in [9.17, 15) is 0 Å². The molecule has 1 aliphatic rings. The van der Waals surface area contributed by atoms with Gasteiger partial charge < -0.3 is 14.1 Å². The Bertz CT molecular complexity index is 436. The summed E-state index contributed by atoms with van der Waals surface area (Å²) in [6.07, 6.45) is 1.83. The number of quaternary nitrogens is 1. The van der Waals surface area contributed by atoms with Gasteiger partial charge >= 0.3 is 0 Å². The molecular weight excluding hydrogens is 250 g/mol. The number of rotatable bonds is 4. The monoisotopic (exact) mass is 278 g/mol. The van der Waals surface area contributed by atoms with E-state index >= 15 is 0 Å². The molecule has 0 bridgehead atoms. The maximum atomic E-state index is 5.75. The fourth-order valence-electron chi connectivity index (χ4n) is 2.08. The lowest BCUT2D eigenvalue weighted by molar-refractivity contribution is -0.896. The average molecular weight is 278 g/mol. The maximum absolute atomic E-state index is 5.75. The van der Waals surface area contributed by atoms with Crippen LogP contribution in [0.25, 0.3) is 0 Å². The summed E-state index contributed by atoms with van der Waals surface area (Å²) in [5.41, 5.74) is 0.175. The molecule has 0 spiro atoms. The van der Waals surface area contributed by atoms with Crippen molar-refractivity contribution in [2.45, 2.75) is 26.8 Å². The third-order valence-electron chi connectivity index (χ3n) is 3.67. The van der Waals surface area contributed by atoms with Crippen LogP contribution in [0.1, 0.15) is 20.8 Å². The SMILES string of the molecule is CC(C)(C)COc1ccc(N2CC([N+](C)(C)C)C2)nc1. The quantitative estimate of drug-likeness (QED) is 0.791. The third-order valence-corrected chi connectivity index (χ3v) is 3.67. The predicted molar refractivity (Wildman–Crippen MR) is 83.2 cm³/mol. The normalized spacial score (nSPS) is 17.0. The van der Waals surface area contributed by atoms with Gasteiger partial charge in [0.2, 0.25) is 0 Å². The molecule has 4 nitrogen and oxygen atoms in total. The molecule has 0 radical (unpaired) electrons. The Balaban J connectivity index is 1.87. The molecule has 1 fully saturated rings. The Labute approximate surface area is 123 Å². The molecule has 112 valence electrons. The molecule has 0 saturated carbocycles. The van der Waals surface area contributed by atoms with Crippen molar-refractivity contribution in [1.82, 2.24) is 4.98 Å². The minimum atomic E-state index is 0.175. The lowest BCUT2D eigenvalue weighted by Gasteiger charge is -2.47. The number of ether oxygens (including phenoxy) is 1. The van der Waals surface area contributed by atoms with E-state index in [4.69, 9.17) is 4.74 Å². The van der Waals surface area contributed by atoms with E-state index in [-0.39, 0.29) is 5.41 Å². The average Bonchev–Trinajstić information content (AvgIpc) is 2.23. The first-order valence-corrected chi connectivity index (χ1v) is 7.30. The fraction of sp³-hybridized carbons (Fsp3) is 0.688. The lowest BCUT2D eigenvalue weighted by atomic mass is 9.99. The Kier molecular flexibility index (Phi) is 3.96. The van der Waals surface area contributed by atoms with Gasteiger partial charge in [-0.1, -0.05) is 20.8 Å². The largest absolute Gasteiger partial charge is 0.491 e. The number of pyridine rings is 1. The first-order valence-electron chi connectivity index (χ1n) is 7.30. The molecule has 0 amide bonds. The van der Waals surface area contributed by atoms with Crippen LogP contribution >= 0.6 is 0 Å². The Morgan fingerprint density at radius 3 is 2.35 bits per heavy atom. The number of hydrogen-bond acceptors (Lipinski definition) is 3. The van der Waals surface area contributed by atoms with Crippen molar-refractivity contribution in [2.75, 3.05) is 45.7 Å². The molecule has 2 heterocycles. The van der Waals surface area contributed by atoms with Crippen molar-refractivity contribution in [2.24, 2.45) is 5.41 Å². The zero-order valence-electron chi connectivity index (χ0n) is 13.7. The molecule has 1 aliphatic heterocycles. The summed E-state index contributed by atoms with van der Waals surface area (Å²) in [6.45, 7) is 9.37. The van der Waals surface area contributed by atoms with Crippen molar-refractivity contribution in [3.05, 3.63) is 18.3 Å². The van der Waals surface area contributed by atoms with E-state index in [2.05, 4.69) is 57.9 Å². The van der Waals surface area contributed by atoms with Gasteiger partial charge in [-0.2, -0.15) is 0 Å². The van der Waals surface area contributed by atoms with E-state index in [1.54, 1.807) is 0 Å². The highest BCUT2D eigenvalue weighted by Crippen LogP contribution is 2.25. The first-order chi connectivity index (χ1) is 9.15. The summed E-state index contributed by atoms with van der Waals surface area (Å²) < 4.78 is 6.77. The molecule has 0 atom stereocenters. The van der Waals surface area contributed by atoms with Crippen molar-refractivity contribution >= 4 is 5.82 Å². The molecule has 0 unspecified atom stereocenters. The van der Waals surface area contributed by atoms with Crippen LogP contribution in [0.4, 0.5) is 5.82 Å². The Hall–Kier alpha value is -1.29. The molecular formula is C16H28N3O+. The van der Waals surface area contributed by atoms with Gasteiger partial charge in [0.15, 0.2) is 0 Å². The van der Waals surface area contributed by atoms with E-state index in [1.807, 2.05) is 12.3 Å². The molecule has 1 aromatic heterocycles. The standard InChI is InChI=1S/C16H28N3O/c1-16(2,3)12-20-14-7-8-15(17-9-14)18-10-13(11-18)19(4,5)6/h7-9,13H,10-12H2,1-6H3/q+1. The fourth-order valence-corrected chi connectivity index (χ4v) is 2.08. The highest BCUT2D eigenvalue weighted by atomic mass is 16.5. The van der Waals surface area contributed by atoms with Crippen LogP contribution in [0, 0.1) is 5.41 Å². The van der Waals surface area contributed by atoms with Gasteiger partial charge in [-0.3, -0.25) is 0 Å². The highest BCUT2D eigenvalue weighted by Gasteiger charge is 2.37. The van der Waals surface area contributed by atoms with Gasteiger partial charge in [0.1, 0.15) is 17.6 Å². The van der Waals surface area contributed by atoms with Crippen molar-refractivity contribution in [3.8, 4) is 5.75 Å². The van der Waals surface area contributed by atoms with E-state index in [0.29, 0.717) is 12.6 Å². The number of likely N-dealkylation sites (N-methyl/N-ethyl adjacent to an activating group) is 1. The smallest absolute Gasteiger partial charge is 0.137 e. The van der Waals surface area contributed by atoms with Crippen LogP contribution in [0.2, 0.25) is 0 Å². The van der Waals surface area contributed by atoms with Crippen LogP contribution in [0.3, 0.4) is 0 Å². The highest BCUT2D eigenvalue weighted by molar-refractivity contribution is 5.43. The van der Waals surface area contributed by atoms with Crippen LogP contribution in [0.5, 0.6) is 5.75 Å². The van der Waals surface area contributed by atoms with Crippen molar-refractivity contribution < 1.29 is 9.22 Å². The van der Waals surface area contributed by atoms with Crippen LogP contribution < -0.4 is 9.64 Å². The van der Waals surface area contributed by atoms with E-state index in [1.165, 1.54) is 0 Å². The summed E-state index contributed by atoms with van der Waals surface area (Å²) in [4.78, 5) is 6.83. The van der Waals surface area contributed by atoms with Crippen molar-refractivity contribution in [1.29, 1.82) is 0 Å². The summed E-state index contributed by atoms with van der Waals surface area (Å²) in [7, 11) is 6.75. The molecule has 20 heavy (non-hydrogen) atoms. The molecule has 2 rings (SSSR count). The van der Waals surface area contributed by atoms with Crippen LogP contribution in [-0.4, -0.2) is 56.3 Å². The van der Waals surface area contributed by atoms with Gasteiger partial charge in [0.25, 0.3) is 0 Å². The zero-order valence-corrected chi connectivity index (χ0v) is 13.7. The van der Waals surface area contributed by atoms with Crippen LogP contribution in [-0.2, 0) is 0 Å². The Morgan fingerprint density at radius 1 is 1.25 bits per heavy atom. The first kappa shape index (κ1) is 15.1. The number of nitrogens with zero attached hydrogens (tertiary/aromatic N) is 3. The second-order valence-electron chi connectivity index (χ2n) is 7.88. The molecule has 0 aromatic carbocycles. The molecule has 0 N–H and O–H groups in total.